The Morgan fingerprint density at radius 2 is 1.83 bits per heavy atom. The summed E-state index contributed by atoms with van der Waals surface area (Å²) >= 11 is 0. The fourth-order valence-electron chi connectivity index (χ4n) is 1.88. The Morgan fingerprint density at radius 3 is 2.38 bits per heavy atom. The average molecular weight is 338 g/mol. The second kappa shape index (κ2) is 7.36. The second-order valence-electron chi connectivity index (χ2n) is 4.50. The molecule has 24 heavy (non-hydrogen) atoms. The predicted octanol–water partition coefficient (Wildman–Crippen LogP) is 3.46. The molecule has 2 aromatic carbocycles. The third kappa shape index (κ3) is 4.15. The predicted molar refractivity (Wildman–Crippen MR) is 80.7 cm³/mol. The van der Waals surface area contributed by atoms with Crippen molar-refractivity contribution in [3.8, 4) is 11.5 Å². The molecule has 1 amide bonds. The quantitative estimate of drug-likeness (QED) is 0.643. The number of hydrogen-bond acceptors (Lipinski definition) is 5. The van der Waals surface area contributed by atoms with E-state index >= 15 is 0 Å². The van der Waals surface area contributed by atoms with Crippen LogP contribution in [-0.2, 0) is 0 Å². The minimum absolute atomic E-state index is 0.0867. The van der Waals surface area contributed by atoms with Gasteiger partial charge in [-0.3, -0.25) is 14.9 Å². The summed E-state index contributed by atoms with van der Waals surface area (Å²) in [5, 5.41) is 13.1. The highest BCUT2D eigenvalue weighted by atomic mass is 19.3. The summed E-state index contributed by atoms with van der Waals surface area (Å²) in [5.74, 6) is -0.698. The molecule has 0 aliphatic heterocycles. The van der Waals surface area contributed by atoms with Crippen molar-refractivity contribution in [2.24, 2.45) is 0 Å². The molecule has 0 unspecified atom stereocenters. The molecule has 0 atom stereocenters. The number of nitro benzene ring substituents is 1. The van der Waals surface area contributed by atoms with Crippen LogP contribution < -0.4 is 14.8 Å². The maximum atomic E-state index is 12.4. The van der Waals surface area contributed by atoms with Crippen LogP contribution in [0.4, 0.5) is 20.2 Å². The number of benzene rings is 2. The number of nitrogens with zero attached hydrogens (tertiary/aromatic N) is 1. The summed E-state index contributed by atoms with van der Waals surface area (Å²) in [7, 11) is 1.29. The van der Waals surface area contributed by atoms with E-state index in [1.807, 2.05) is 0 Å². The Kier molecular flexibility index (Phi) is 5.25. The molecule has 0 fully saturated rings. The van der Waals surface area contributed by atoms with Crippen molar-refractivity contribution in [2.75, 3.05) is 12.4 Å². The number of nitro groups is 1. The zero-order valence-corrected chi connectivity index (χ0v) is 12.4. The van der Waals surface area contributed by atoms with E-state index in [9.17, 15) is 23.7 Å². The highest BCUT2D eigenvalue weighted by molar-refractivity contribution is 6.04. The van der Waals surface area contributed by atoms with Gasteiger partial charge in [-0.2, -0.15) is 8.78 Å². The third-order valence-electron chi connectivity index (χ3n) is 2.98. The van der Waals surface area contributed by atoms with Crippen molar-refractivity contribution in [3.63, 3.8) is 0 Å². The van der Waals surface area contributed by atoms with Crippen LogP contribution >= 0.6 is 0 Å². The molecular weight excluding hydrogens is 326 g/mol. The number of alkyl halides is 2. The molecule has 0 saturated heterocycles. The standard InChI is InChI=1S/C15H12F2N2O5/c1-23-12-7-4-10(8-13(12)24-15(16)17)18-14(20)9-2-5-11(6-3-9)19(21)22/h2-8,15H,1H3,(H,18,20). The minimum atomic E-state index is -3.04. The molecule has 0 aliphatic carbocycles. The molecule has 0 aliphatic rings. The summed E-state index contributed by atoms with van der Waals surface area (Å²) in [5.41, 5.74) is 0.228. The molecule has 1 N–H and O–H groups in total. The van der Waals surface area contributed by atoms with Crippen LogP contribution in [0, 0.1) is 10.1 Å². The van der Waals surface area contributed by atoms with Gasteiger partial charge >= 0.3 is 6.61 Å². The maximum absolute atomic E-state index is 12.4. The second-order valence-corrected chi connectivity index (χ2v) is 4.50. The number of nitrogens with one attached hydrogen (secondary N) is 1. The van der Waals surface area contributed by atoms with Crippen molar-refractivity contribution in [3.05, 3.63) is 58.1 Å². The number of halogens is 2. The summed E-state index contributed by atoms with van der Waals surface area (Å²) in [6.45, 7) is -3.04. The van der Waals surface area contributed by atoms with Crippen LogP contribution in [0.25, 0.3) is 0 Å². The Labute approximate surface area is 135 Å². The van der Waals surface area contributed by atoms with Gasteiger partial charge in [-0.25, -0.2) is 0 Å². The van der Waals surface area contributed by atoms with Crippen LogP contribution in [0.5, 0.6) is 11.5 Å². The lowest BCUT2D eigenvalue weighted by molar-refractivity contribution is -0.384. The number of methoxy groups -OCH3 is 1. The Bertz CT molecular complexity index is 750. The SMILES string of the molecule is COc1ccc(NC(=O)c2ccc([N+](=O)[O-])cc2)cc1OC(F)F. The van der Waals surface area contributed by atoms with Gasteiger partial charge in [-0.1, -0.05) is 0 Å². The zero-order chi connectivity index (χ0) is 17.7. The average Bonchev–Trinajstić information content (AvgIpc) is 2.54. The molecule has 0 heterocycles. The largest absolute Gasteiger partial charge is 0.493 e. The number of carbonyl (C=O) groups excluding carboxylic acids is 1. The first-order valence-corrected chi connectivity index (χ1v) is 6.59. The smallest absolute Gasteiger partial charge is 0.387 e. The number of amides is 1. The number of rotatable bonds is 6. The number of non-ortho nitro benzene ring substituents is 1. The summed E-state index contributed by atoms with van der Waals surface area (Å²) in [6.07, 6.45) is 0. The molecule has 2 aromatic rings. The van der Waals surface area contributed by atoms with E-state index in [2.05, 4.69) is 10.1 Å². The first-order valence-electron chi connectivity index (χ1n) is 6.59. The molecule has 0 aromatic heterocycles. The van der Waals surface area contributed by atoms with Gasteiger partial charge in [0.25, 0.3) is 11.6 Å². The van der Waals surface area contributed by atoms with Crippen molar-refractivity contribution < 1.29 is 28.0 Å². The minimum Gasteiger partial charge on any atom is -0.493 e. The molecule has 7 nitrogen and oxygen atoms in total. The topological polar surface area (TPSA) is 90.7 Å². The number of anilines is 1. The third-order valence-corrected chi connectivity index (χ3v) is 2.98. The number of hydrogen-bond donors (Lipinski definition) is 1. The molecule has 0 spiro atoms. The summed E-state index contributed by atoms with van der Waals surface area (Å²) < 4.78 is 34.0. The summed E-state index contributed by atoms with van der Waals surface area (Å²) in [6, 6.07) is 8.95. The van der Waals surface area contributed by atoms with Crippen molar-refractivity contribution in [1.82, 2.24) is 0 Å². The van der Waals surface area contributed by atoms with Gasteiger partial charge in [0, 0.05) is 29.4 Å². The molecule has 0 saturated carbocycles. The molecule has 9 heteroatoms. The Hall–Kier alpha value is -3.23. The van der Waals surface area contributed by atoms with Crippen LogP contribution in [0.15, 0.2) is 42.5 Å². The number of carbonyl (C=O) groups is 1. The number of ether oxygens (including phenoxy) is 2. The molecule has 126 valence electrons. The molecule has 0 bridgehead atoms. The van der Waals surface area contributed by atoms with E-state index in [0.29, 0.717) is 0 Å². The lowest BCUT2D eigenvalue weighted by Crippen LogP contribution is -2.12. The van der Waals surface area contributed by atoms with Gasteiger partial charge in [-0.05, 0) is 24.3 Å². The monoisotopic (exact) mass is 338 g/mol. The van der Waals surface area contributed by atoms with Gasteiger partial charge < -0.3 is 14.8 Å². The van der Waals surface area contributed by atoms with Gasteiger partial charge in [0.15, 0.2) is 11.5 Å². The normalized spacial score (nSPS) is 10.3. The van der Waals surface area contributed by atoms with Gasteiger partial charge in [0.05, 0.1) is 12.0 Å². The van der Waals surface area contributed by atoms with E-state index < -0.39 is 17.4 Å². The maximum Gasteiger partial charge on any atom is 0.387 e. The highest BCUT2D eigenvalue weighted by Crippen LogP contribution is 2.31. The van der Waals surface area contributed by atoms with Gasteiger partial charge in [-0.15, -0.1) is 0 Å². The van der Waals surface area contributed by atoms with E-state index in [1.54, 1.807) is 0 Å². The van der Waals surface area contributed by atoms with E-state index in [4.69, 9.17) is 4.74 Å². The summed E-state index contributed by atoms with van der Waals surface area (Å²) in [4.78, 5) is 22.1. The van der Waals surface area contributed by atoms with Crippen molar-refractivity contribution >= 4 is 17.3 Å². The van der Waals surface area contributed by atoms with Crippen LogP contribution in [-0.4, -0.2) is 24.6 Å². The van der Waals surface area contributed by atoms with Crippen LogP contribution in [0.2, 0.25) is 0 Å². The van der Waals surface area contributed by atoms with Crippen LogP contribution in [0.3, 0.4) is 0 Å². The Morgan fingerprint density at radius 1 is 1.17 bits per heavy atom. The van der Waals surface area contributed by atoms with E-state index in [-0.39, 0.29) is 28.4 Å². The van der Waals surface area contributed by atoms with E-state index in [0.717, 1.165) is 0 Å². The zero-order valence-electron chi connectivity index (χ0n) is 12.4. The fourth-order valence-corrected chi connectivity index (χ4v) is 1.88. The van der Waals surface area contributed by atoms with Gasteiger partial charge in [0.2, 0.25) is 0 Å². The van der Waals surface area contributed by atoms with E-state index in [1.165, 1.54) is 49.6 Å². The lowest BCUT2D eigenvalue weighted by Gasteiger charge is -2.12. The highest BCUT2D eigenvalue weighted by Gasteiger charge is 2.14. The lowest BCUT2D eigenvalue weighted by atomic mass is 10.2. The first-order chi connectivity index (χ1) is 11.4. The Balaban J connectivity index is 2.17. The van der Waals surface area contributed by atoms with Crippen molar-refractivity contribution in [1.29, 1.82) is 0 Å². The molecule has 2 rings (SSSR count). The first kappa shape index (κ1) is 17.1. The molecule has 0 radical (unpaired) electrons. The molecular formula is C15H12F2N2O5. The fraction of sp³-hybridized carbons (Fsp3) is 0.133. The van der Waals surface area contributed by atoms with Gasteiger partial charge in [0.1, 0.15) is 0 Å². The van der Waals surface area contributed by atoms with Crippen LogP contribution in [0.1, 0.15) is 10.4 Å². The van der Waals surface area contributed by atoms with Crippen molar-refractivity contribution in [2.45, 2.75) is 6.61 Å².